The number of allylic oxidation sites excluding steroid dienone is 6. The minimum atomic E-state index is -0.211. The highest BCUT2D eigenvalue weighted by atomic mass is 19.1. The van der Waals surface area contributed by atoms with Crippen molar-refractivity contribution in [1.29, 1.82) is 0 Å². The Morgan fingerprint density at radius 3 is 2.75 bits per heavy atom. The first-order valence-corrected chi connectivity index (χ1v) is 8.48. The predicted molar refractivity (Wildman–Crippen MR) is 101 cm³/mol. The molecule has 0 radical (unpaired) electrons. The van der Waals surface area contributed by atoms with Gasteiger partial charge in [-0.2, -0.15) is 0 Å². The second-order valence-electron chi connectivity index (χ2n) is 6.32. The minimum absolute atomic E-state index is 0.211. The maximum atomic E-state index is 14.5. The van der Waals surface area contributed by atoms with Crippen LogP contribution in [0.2, 0.25) is 0 Å². The fourth-order valence-corrected chi connectivity index (χ4v) is 2.66. The molecule has 0 saturated carbocycles. The van der Waals surface area contributed by atoms with E-state index in [1.807, 2.05) is 38.1 Å². The molecular formula is C21H27FN2. The van der Waals surface area contributed by atoms with Gasteiger partial charge in [0.25, 0.3) is 0 Å². The first kappa shape index (κ1) is 18.1. The summed E-state index contributed by atoms with van der Waals surface area (Å²) in [4.78, 5) is 0. The smallest absolute Gasteiger partial charge is 0.132 e. The summed E-state index contributed by atoms with van der Waals surface area (Å²) in [5.74, 6) is -0.211. The van der Waals surface area contributed by atoms with Gasteiger partial charge in [0, 0.05) is 29.8 Å². The fourth-order valence-electron chi connectivity index (χ4n) is 2.66. The summed E-state index contributed by atoms with van der Waals surface area (Å²) < 4.78 is 14.5. The Labute approximate surface area is 144 Å². The SMILES string of the molecule is CCC(C)=C/C=C\C1=C(c2ccc(C)cc2F)NCCC(N)=C1C. The van der Waals surface area contributed by atoms with Crippen molar-refractivity contribution >= 4 is 5.70 Å². The van der Waals surface area contributed by atoms with Gasteiger partial charge in [-0.3, -0.25) is 0 Å². The number of benzene rings is 1. The monoisotopic (exact) mass is 326 g/mol. The van der Waals surface area contributed by atoms with Gasteiger partial charge in [0.2, 0.25) is 0 Å². The molecule has 0 unspecified atom stereocenters. The van der Waals surface area contributed by atoms with E-state index in [1.54, 1.807) is 6.07 Å². The zero-order valence-corrected chi connectivity index (χ0v) is 15.0. The quantitative estimate of drug-likeness (QED) is 0.766. The molecule has 0 bridgehead atoms. The summed E-state index contributed by atoms with van der Waals surface area (Å²) in [5.41, 5.74) is 12.6. The zero-order valence-electron chi connectivity index (χ0n) is 15.0. The van der Waals surface area contributed by atoms with E-state index < -0.39 is 0 Å². The van der Waals surface area contributed by atoms with Crippen molar-refractivity contribution in [2.24, 2.45) is 5.73 Å². The lowest BCUT2D eigenvalue weighted by molar-refractivity contribution is 0.620. The number of hydrogen-bond acceptors (Lipinski definition) is 2. The lowest BCUT2D eigenvalue weighted by Gasteiger charge is -2.14. The Balaban J connectivity index is 2.59. The highest BCUT2D eigenvalue weighted by molar-refractivity contribution is 5.75. The molecule has 2 nitrogen and oxygen atoms in total. The van der Waals surface area contributed by atoms with E-state index in [2.05, 4.69) is 25.2 Å². The molecule has 24 heavy (non-hydrogen) atoms. The lowest BCUT2D eigenvalue weighted by Crippen LogP contribution is -2.15. The number of aryl methyl sites for hydroxylation is 1. The second-order valence-corrected chi connectivity index (χ2v) is 6.32. The highest BCUT2D eigenvalue weighted by Crippen LogP contribution is 2.29. The number of halogens is 1. The largest absolute Gasteiger partial charge is 0.402 e. The number of nitrogens with two attached hydrogens (primary N) is 1. The molecule has 128 valence electrons. The standard InChI is InChI=1S/C21H27FN2/c1-5-14(2)7-6-8-17-16(4)20(23)11-12-24-21(17)18-10-9-15(3)13-19(18)22/h6-10,13,24H,5,11-12,23H2,1-4H3/b8-6-,14-7?. The summed E-state index contributed by atoms with van der Waals surface area (Å²) in [6, 6.07) is 5.34. The fraction of sp³-hybridized carbons (Fsp3) is 0.333. The van der Waals surface area contributed by atoms with Crippen LogP contribution in [-0.2, 0) is 0 Å². The van der Waals surface area contributed by atoms with E-state index in [9.17, 15) is 4.39 Å². The molecule has 0 amide bonds. The number of hydrogen-bond donors (Lipinski definition) is 2. The number of rotatable bonds is 4. The topological polar surface area (TPSA) is 38.0 Å². The first-order valence-electron chi connectivity index (χ1n) is 8.48. The highest BCUT2D eigenvalue weighted by Gasteiger charge is 2.17. The summed E-state index contributed by atoms with van der Waals surface area (Å²) in [6.45, 7) is 8.82. The zero-order chi connectivity index (χ0) is 17.7. The third-order valence-corrected chi connectivity index (χ3v) is 4.45. The van der Waals surface area contributed by atoms with Gasteiger partial charge >= 0.3 is 0 Å². The van der Waals surface area contributed by atoms with Gasteiger partial charge in [-0.05, 0) is 50.5 Å². The molecule has 1 aromatic carbocycles. The molecule has 1 aliphatic heterocycles. The maximum absolute atomic E-state index is 14.5. The Hall–Kier alpha value is -2.29. The van der Waals surface area contributed by atoms with Gasteiger partial charge in [0.15, 0.2) is 0 Å². The van der Waals surface area contributed by atoms with Gasteiger partial charge in [0.05, 0.1) is 5.70 Å². The van der Waals surface area contributed by atoms with E-state index >= 15 is 0 Å². The van der Waals surface area contributed by atoms with E-state index in [0.29, 0.717) is 12.1 Å². The van der Waals surface area contributed by atoms with Gasteiger partial charge < -0.3 is 11.1 Å². The van der Waals surface area contributed by atoms with Crippen molar-refractivity contribution in [3.63, 3.8) is 0 Å². The average Bonchev–Trinajstić information content (AvgIpc) is 2.68. The van der Waals surface area contributed by atoms with E-state index in [4.69, 9.17) is 5.73 Å². The van der Waals surface area contributed by atoms with Gasteiger partial charge in [-0.15, -0.1) is 0 Å². The van der Waals surface area contributed by atoms with Crippen LogP contribution in [0.3, 0.4) is 0 Å². The van der Waals surface area contributed by atoms with E-state index in [0.717, 1.165) is 40.9 Å². The molecule has 0 atom stereocenters. The van der Waals surface area contributed by atoms with Crippen LogP contribution in [0.25, 0.3) is 5.70 Å². The predicted octanol–water partition coefficient (Wildman–Crippen LogP) is 4.98. The van der Waals surface area contributed by atoms with Crippen molar-refractivity contribution in [2.45, 2.75) is 40.5 Å². The summed E-state index contributed by atoms with van der Waals surface area (Å²) in [5, 5.41) is 3.37. The van der Waals surface area contributed by atoms with Gasteiger partial charge in [-0.1, -0.05) is 36.8 Å². The normalized spacial score (nSPS) is 16.6. The summed E-state index contributed by atoms with van der Waals surface area (Å²) in [6.07, 6.45) is 7.89. The Morgan fingerprint density at radius 1 is 1.33 bits per heavy atom. The molecule has 0 saturated heterocycles. The van der Waals surface area contributed by atoms with Crippen LogP contribution in [0.15, 0.2) is 58.8 Å². The molecule has 1 aromatic rings. The van der Waals surface area contributed by atoms with Crippen LogP contribution in [0.4, 0.5) is 4.39 Å². The van der Waals surface area contributed by atoms with Crippen molar-refractivity contribution in [1.82, 2.24) is 5.32 Å². The van der Waals surface area contributed by atoms with Crippen LogP contribution in [0, 0.1) is 12.7 Å². The van der Waals surface area contributed by atoms with Crippen LogP contribution in [-0.4, -0.2) is 6.54 Å². The molecule has 0 fully saturated rings. The molecule has 3 heteroatoms. The van der Waals surface area contributed by atoms with Crippen molar-refractivity contribution in [3.05, 3.63) is 75.8 Å². The Morgan fingerprint density at radius 2 is 2.08 bits per heavy atom. The molecule has 1 heterocycles. The third-order valence-electron chi connectivity index (χ3n) is 4.45. The Kier molecular flexibility index (Phi) is 6.02. The molecular weight excluding hydrogens is 299 g/mol. The van der Waals surface area contributed by atoms with Gasteiger partial charge in [0.1, 0.15) is 5.82 Å². The Bertz CT molecular complexity index is 736. The van der Waals surface area contributed by atoms with E-state index in [1.165, 1.54) is 5.57 Å². The van der Waals surface area contributed by atoms with Crippen molar-refractivity contribution in [2.75, 3.05) is 6.54 Å². The molecule has 3 N–H and O–H groups in total. The van der Waals surface area contributed by atoms with Crippen LogP contribution in [0.1, 0.15) is 44.7 Å². The van der Waals surface area contributed by atoms with Crippen LogP contribution in [0.5, 0.6) is 0 Å². The molecule has 0 spiro atoms. The minimum Gasteiger partial charge on any atom is -0.402 e. The number of nitrogens with one attached hydrogen (secondary N) is 1. The summed E-state index contributed by atoms with van der Waals surface area (Å²) in [7, 11) is 0. The van der Waals surface area contributed by atoms with Crippen LogP contribution >= 0.6 is 0 Å². The first-order chi connectivity index (χ1) is 11.4. The average molecular weight is 326 g/mol. The maximum Gasteiger partial charge on any atom is 0.132 e. The molecule has 2 rings (SSSR count). The summed E-state index contributed by atoms with van der Waals surface area (Å²) >= 11 is 0. The van der Waals surface area contributed by atoms with E-state index in [-0.39, 0.29) is 5.82 Å². The molecule has 0 aromatic heterocycles. The van der Waals surface area contributed by atoms with Crippen molar-refractivity contribution in [3.8, 4) is 0 Å². The third kappa shape index (κ3) is 4.16. The molecule has 0 aliphatic carbocycles. The molecule has 1 aliphatic rings. The van der Waals surface area contributed by atoms with Crippen molar-refractivity contribution < 1.29 is 4.39 Å². The second kappa shape index (κ2) is 8.00. The van der Waals surface area contributed by atoms with Crippen LogP contribution < -0.4 is 11.1 Å². The van der Waals surface area contributed by atoms with Gasteiger partial charge in [-0.25, -0.2) is 4.39 Å². The lowest BCUT2D eigenvalue weighted by atomic mass is 9.98.